The van der Waals surface area contributed by atoms with Gasteiger partial charge in [-0.3, -0.25) is 0 Å². The third kappa shape index (κ3) is 6.02. The number of alkyl halides is 1. The molecule has 0 unspecified atom stereocenters. The molecule has 0 bridgehead atoms. The van der Waals surface area contributed by atoms with Gasteiger partial charge in [0.25, 0.3) is 0 Å². The second-order valence-corrected chi connectivity index (χ2v) is 2.31. The van der Waals surface area contributed by atoms with E-state index in [1.165, 1.54) is 0 Å². The van der Waals surface area contributed by atoms with E-state index in [1.54, 1.807) is 0 Å². The van der Waals surface area contributed by atoms with Gasteiger partial charge in [0.2, 0.25) is 0 Å². The lowest BCUT2D eigenvalue weighted by molar-refractivity contribution is 0.162. The van der Waals surface area contributed by atoms with Crippen molar-refractivity contribution in [3.8, 4) is 0 Å². The third-order valence-corrected chi connectivity index (χ3v) is 1.44. The highest BCUT2D eigenvalue weighted by molar-refractivity contribution is 4.65. The Morgan fingerprint density at radius 1 is 1.30 bits per heavy atom. The fourth-order valence-electron chi connectivity index (χ4n) is 0.563. The molecule has 0 aromatic carbocycles. The zero-order chi connectivity index (χ0) is 7.82. The first-order valence-corrected chi connectivity index (χ1v) is 4.03. The molecule has 0 amide bonds. The smallest absolute Gasteiger partial charge is 0.100 e. The highest BCUT2D eigenvalue weighted by Gasteiger charge is 2.14. The highest BCUT2D eigenvalue weighted by Crippen LogP contribution is 2.20. The van der Waals surface area contributed by atoms with Crippen molar-refractivity contribution >= 4 is 0 Å². The lowest BCUT2D eigenvalue weighted by Crippen LogP contribution is -2.09. The van der Waals surface area contributed by atoms with Crippen LogP contribution in [-0.2, 0) is 4.74 Å². The van der Waals surface area contributed by atoms with E-state index in [4.69, 9.17) is 4.74 Å². The Hall–Kier alpha value is -0.110. The molecular weight excluding hydrogens is 131 g/mol. The van der Waals surface area contributed by atoms with Gasteiger partial charge in [0.1, 0.15) is 6.17 Å². The summed E-state index contributed by atoms with van der Waals surface area (Å²) in [6.07, 6.45) is 2.32. The van der Waals surface area contributed by atoms with Gasteiger partial charge < -0.3 is 4.74 Å². The maximum absolute atomic E-state index is 11.5. The van der Waals surface area contributed by atoms with Crippen LogP contribution in [0.3, 0.4) is 0 Å². The number of halogens is 1. The van der Waals surface area contributed by atoms with Gasteiger partial charge in [0.15, 0.2) is 0 Å². The Balaban J connectivity index is 0.000000162. The zero-order valence-electron chi connectivity index (χ0n) is 6.90. The van der Waals surface area contributed by atoms with Crippen LogP contribution in [0.4, 0.5) is 4.39 Å². The van der Waals surface area contributed by atoms with Crippen molar-refractivity contribution in [1.82, 2.24) is 0 Å². The molecule has 0 saturated heterocycles. The van der Waals surface area contributed by atoms with E-state index in [1.807, 2.05) is 13.8 Å². The van der Waals surface area contributed by atoms with E-state index in [-0.39, 0.29) is 0 Å². The van der Waals surface area contributed by atoms with Gasteiger partial charge in [-0.05, 0) is 33.1 Å². The molecule has 0 aromatic heterocycles. The zero-order valence-corrected chi connectivity index (χ0v) is 6.90. The first-order chi connectivity index (χ1) is 4.81. The maximum Gasteiger partial charge on any atom is 0.100 e. The summed E-state index contributed by atoms with van der Waals surface area (Å²) in [4.78, 5) is 0. The first-order valence-electron chi connectivity index (χ1n) is 4.03. The van der Waals surface area contributed by atoms with Crippen molar-refractivity contribution in [3.05, 3.63) is 0 Å². The van der Waals surface area contributed by atoms with E-state index >= 15 is 0 Å². The standard InChI is InChI=1S/C4H7F.C4H10O/c5-4-2-1-3-4;1-3-5-4-2/h4H,1-3H2;3-4H2,1-2H3. The summed E-state index contributed by atoms with van der Waals surface area (Å²) in [5, 5.41) is 0. The topological polar surface area (TPSA) is 9.23 Å². The summed E-state index contributed by atoms with van der Waals surface area (Å²) in [5.41, 5.74) is 0. The molecule has 1 aliphatic carbocycles. The molecule has 1 saturated carbocycles. The minimum atomic E-state index is -0.435. The van der Waals surface area contributed by atoms with Gasteiger partial charge in [-0.1, -0.05) is 0 Å². The molecule has 1 nitrogen and oxygen atoms in total. The largest absolute Gasteiger partial charge is 0.382 e. The average Bonchev–Trinajstić information content (AvgIpc) is 1.87. The molecule has 0 aliphatic heterocycles. The molecule has 0 aromatic rings. The number of ether oxygens (including phenoxy) is 1. The van der Waals surface area contributed by atoms with Crippen LogP contribution in [0, 0.1) is 0 Å². The maximum atomic E-state index is 11.5. The van der Waals surface area contributed by atoms with Crippen LogP contribution in [0.1, 0.15) is 33.1 Å². The normalized spacial score (nSPS) is 17.1. The van der Waals surface area contributed by atoms with E-state index in [9.17, 15) is 4.39 Å². The van der Waals surface area contributed by atoms with Crippen molar-refractivity contribution in [1.29, 1.82) is 0 Å². The third-order valence-electron chi connectivity index (χ3n) is 1.44. The molecule has 2 heteroatoms. The number of hydrogen-bond acceptors (Lipinski definition) is 1. The monoisotopic (exact) mass is 148 g/mol. The van der Waals surface area contributed by atoms with Crippen molar-refractivity contribution in [2.75, 3.05) is 13.2 Å². The molecule has 1 rings (SSSR count). The van der Waals surface area contributed by atoms with Gasteiger partial charge in [0, 0.05) is 13.2 Å². The predicted molar refractivity (Wildman–Crippen MR) is 40.9 cm³/mol. The van der Waals surface area contributed by atoms with Crippen molar-refractivity contribution in [3.63, 3.8) is 0 Å². The predicted octanol–water partition coefficient (Wildman–Crippen LogP) is 2.55. The Labute approximate surface area is 62.6 Å². The molecule has 10 heavy (non-hydrogen) atoms. The van der Waals surface area contributed by atoms with Crippen LogP contribution in [0.5, 0.6) is 0 Å². The van der Waals surface area contributed by atoms with Crippen LogP contribution in [0.2, 0.25) is 0 Å². The molecule has 0 spiro atoms. The van der Waals surface area contributed by atoms with Gasteiger partial charge in [0.05, 0.1) is 0 Å². The lowest BCUT2D eigenvalue weighted by Gasteiger charge is -2.14. The molecule has 62 valence electrons. The Morgan fingerprint density at radius 3 is 1.70 bits per heavy atom. The van der Waals surface area contributed by atoms with Crippen LogP contribution < -0.4 is 0 Å². The fourth-order valence-corrected chi connectivity index (χ4v) is 0.563. The Morgan fingerprint density at radius 2 is 1.70 bits per heavy atom. The summed E-state index contributed by atoms with van der Waals surface area (Å²) < 4.78 is 16.4. The summed E-state index contributed by atoms with van der Waals surface area (Å²) in [6.45, 7) is 5.67. The molecule has 0 radical (unpaired) electrons. The average molecular weight is 148 g/mol. The SMILES string of the molecule is CCOCC.FC1CCC1. The molecule has 0 heterocycles. The van der Waals surface area contributed by atoms with Gasteiger partial charge in [-0.15, -0.1) is 0 Å². The van der Waals surface area contributed by atoms with Gasteiger partial charge in [-0.25, -0.2) is 4.39 Å². The van der Waals surface area contributed by atoms with Crippen LogP contribution in [-0.4, -0.2) is 19.4 Å². The minimum Gasteiger partial charge on any atom is -0.382 e. The highest BCUT2D eigenvalue weighted by atomic mass is 19.1. The van der Waals surface area contributed by atoms with Crippen LogP contribution in [0.15, 0.2) is 0 Å². The fraction of sp³-hybridized carbons (Fsp3) is 1.00. The van der Waals surface area contributed by atoms with E-state index < -0.39 is 6.17 Å². The quantitative estimate of drug-likeness (QED) is 0.584. The Bertz CT molecular complexity index is 60.3. The van der Waals surface area contributed by atoms with Crippen molar-refractivity contribution in [2.45, 2.75) is 39.3 Å². The van der Waals surface area contributed by atoms with E-state index in [2.05, 4.69) is 0 Å². The van der Waals surface area contributed by atoms with E-state index in [0.29, 0.717) is 0 Å². The number of rotatable bonds is 2. The van der Waals surface area contributed by atoms with Crippen LogP contribution >= 0.6 is 0 Å². The molecule has 1 fully saturated rings. The summed E-state index contributed by atoms with van der Waals surface area (Å²) >= 11 is 0. The molecule has 0 atom stereocenters. The minimum absolute atomic E-state index is 0.435. The summed E-state index contributed by atoms with van der Waals surface area (Å²) in [6, 6.07) is 0. The van der Waals surface area contributed by atoms with Crippen LogP contribution in [0.25, 0.3) is 0 Å². The lowest BCUT2D eigenvalue weighted by atomic mass is 9.98. The first kappa shape index (κ1) is 9.89. The molecule has 0 N–H and O–H groups in total. The van der Waals surface area contributed by atoms with Crippen molar-refractivity contribution < 1.29 is 9.13 Å². The second kappa shape index (κ2) is 7.00. The summed E-state index contributed by atoms with van der Waals surface area (Å²) in [7, 11) is 0. The van der Waals surface area contributed by atoms with Crippen molar-refractivity contribution in [2.24, 2.45) is 0 Å². The van der Waals surface area contributed by atoms with E-state index in [0.717, 1.165) is 32.5 Å². The Kier molecular flexibility index (Phi) is 6.93. The van der Waals surface area contributed by atoms with Gasteiger partial charge in [-0.2, -0.15) is 0 Å². The molecule has 1 aliphatic rings. The number of hydrogen-bond donors (Lipinski definition) is 0. The second-order valence-electron chi connectivity index (χ2n) is 2.31. The van der Waals surface area contributed by atoms with Gasteiger partial charge >= 0.3 is 0 Å². The molecular formula is C8H17FO. The summed E-state index contributed by atoms with van der Waals surface area (Å²) in [5.74, 6) is 0.